The Balaban J connectivity index is 2.69. The molecule has 4 heteroatoms. The summed E-state index contributed by atoms with van der Waals surface area (Å²) in [5.41, 5.74) is 0.499. The summed E-state index contributed by atoms with van der Waals surface area (Å²) in [6.07, 6.45) is 2.09. The molecule has 0 heterocycles. The maximum atomic E-state index is 11.7. The van der Waals surface area contributed by atoms with E-state index in [1.807, 2.05) is 0 Å². The van der Waals surface area contributed by atoms with Gasteiger partial charge in [-0.1, -0.05) is 29.3 Å². The molecule has 0 saturated carbocycles. The zero-order chi connectivity index (χ0) is 11.3. The standard InChI is InChI=1S/C11H11Cl3O/c12-7-2-1-6-10(15)8-4-3-5-9(13)11(8)14/h3-5H,1-2,6-7H2. The fraction of sp³-hybridized carbons (Fsp3) is 0.364. The number of hydrogen-bond donors (Lipinski definition) is 0. The number of rotatable bonds is 5. The highest BCUT2D eigenvalue weighted by Crippen LogP contribution is 2.26. The number of benzene rings is 1. The normalized spacial score (nSPS) is 10.3. The summed E-state index contributed by atoms with van der Waals surface area (Å²) in [5.74, 6) is 0.601. The van der Waals surface area contributed by atoms with Gasteiger partial charge in [0.05, 0.1) is 10.0 Å². The number of carbonyl (C=O) groups excluding carboxylic acids is 1. The predicted octanol–water partition coefficient (Wildman–Crippen LogP) is 4.59. The Bertz CT molecular complexity index is 350. The zero-order valence-electron chi connectivity index (χ0n) is 8.10. The monoisotopic (exact) mass is 264 g/mol. The Morgan fingerprint density at radius 2 is 1.93 bits per heavy atom. The molecule has 0 aliphatic heterocycles. The van der Waals surface area contributed by atoms with Crippen LogP contribution in [0.25, 0.3) is 0 Å². The second-order valence-electron chi connectivity index (χ2n) is 3.17. The fourth-order valence-electron chi connectivity index (χ4n) is 1.23. The topological polar surface area (TPSA) is 17.1 Å². The molecule has 0 unspecified atom stereocenters. The van der Waals surface area contributed by atoms with E-state index in [-0.39, 0.29) is 5.78 Å². The van der Waals surface area contributed by atoms with Gasteiger partial charge in [-0.2, -0.15) is 0 Å². The Hall–Kier alpha value is -0.240. The van der Waals surface area contributed by atoms with Crippen LogP contribution in [0.4, 0.5) is 0 Å². The molecule has 82 valence electrons. The smallest absolute Gasteiger partial charge is 0.164 e. The van der Waals surface area contributed by atoms with Crippen LogP contribution in [0.2, 0.25) is 10.0 Å². The molecule has 0 bridgehead atoms. The van der Waals surface area contributed by atoms with Gasteiger partial charge in [-0.05, 0) is 25.0 Å². The summed E-state index contributed by atoms with van der Waals surface area (Å²) in [4.78, 5) is 11.7. The zero-order valence-corrected chi connectivity index (χ0v) is 10.4. The molecule has 1 aromatic carbocycles. The van der Waals surface area contributed by atoms with Crippen molar-refractivity contribution in [3.8, 4) is 0 Å². The van der Waals surface area contributed by atoms with Gasteiger partial charge in [-0.3, -0.25) is 4.79 Å². The van der Waals surface area contributed by atoms with Crippen molar-refractivity contribution >= 4 is 40.6 Å². The SMILES string of the molecule is O=C(CCCCCl)c1cccc(Cl)c1Cl. The molecule has 1 nitrogen and oxygen atoms in total. The number of halogens is 3. The highest BCUT2D eigenvalue weighted by Gasteiger charge is 2.11. The number of ketones is 1. The van der Waals surface area contributed by atoms with Crippen LogP contribution in [0.3, 0.4) is 0 Å². The molecule has 0 aliphatic rings. The van der Waals surface area contributed by atoms with Crippen LogP contribution >= 0.6 is 34.8 Å². The van der Waals surface area contributed by atoms with Gasteiger partial charge in [0.15, 0.2) is 5.78 Å². The van der Waals surface area contributed by atoms with Crippen LogP contribution in [0.1, 0.15) is 29.6 Å². The third-order valence-corrected chi connectivity index (χ3v) is 3.13. The minimum atomic E-state index is 0.0209. The Labute approximate surface area is 104 Å². The summed E-state index contributed by atoms with van der Waals surface area (Å²) in [7, 11) is 0. The van der Waals surface area contributed by atoms with Crippen LogP contribution in [0, 0.1) is 0 Å². The predicted molar refractivity (Wildman–Crippen MR) is 65.4 cm³/mol. The largest absolute Gasteiger partial charge is 0.294 e. The lowest BCUT2D eigenvalue weighted by Crippen LogP contribution is -2.00. The number of hydrogen-bond acceptors (Lipinski definition) is 1. The molecular formula is C11H11Cl3O. The number of alkyl halides is 1. The highest BCUT2D eigenvalue weighted by atomic mass is 35.5. The van der Waals surface area contributed by atoms with Crippen molar-refractivity contribution in [2.24, 2.45) is 0 Å². The minimum absolute atomic E-state index is 0.0209. The molecule has 0 saturated heterocycles. The third-order valence-electron chi connectivity index (χ3n) is 2.04. The van der Waals surface area contributed by atoms with Crippen LogP contribution in [-0.2, 0) is 0 Å². The van der Waals surface area contributed by atoms with E-state index in [4.69, 9.17) is 34.8 Å². The van der Waals surface area contributed by atoms with Gasteiger partial charge in [0.1, 0.15) is 0 Å². The van der Waals surface area contributed by atoms with E-state index in [1.165, 1.54) is 0 Å². The van der Waals surface area contributed by atoms with Crippen LogP contribution in [-0.4, -0.2) is 11.7 Å². The summed E-state index contributed by atoms with van der Waals surface area (Å²) in [6.45, 7) is 0. The van der Waals surface area contributed by atoms with Gasteiger partial charge in [-0.25, -0.2) is 0 Å². The molecule has 15 heavy (non-hydrogen) atoms. The van der Waals surface area contributed by atoms with Crippen molar-refractivity contribution in [1.82, 2.24) is 0 Å². The van der Waals surface area contributed by atoms with Crippen molar-refractivity contribution in [2.45, 2.75) is 19.3 Å². The fourth-order valence-corrected chi connectivity index (χ4v) is 1.83. The van der Waals surface area contributed by atoms with Crippen molar-refractivity contribution < 1.29 is 4.79 Å². The Morgan fingerprint density at radius 1 is 1.20 bits per heavy atom. The molecule has 0 aliphatic carbocycles. The second-order valence-corrected chi connectivity index (χ2v) is 4.33. The molecule has 1 rings (SSSR count). The summed E-state index contributed by atoms with van der Waals surface area (Å²) >= 11 is 17.3. The lowest BCUT2D eigenvalue weighted by Gasteiger charge is -2.04. The quantitative estimate of drug-likeness (QED) is 0.432. The van der Waals surface area contributed by atoms with Crippen molar-refractivity contribution in [3.05, 3.63) is 33.8 Å². The van der Waals surface area contributed by atoms with E-state index in [9.17, 15) is 4.79 Å². The lowest BCUT2D eigenvalue weighted by atomic mass is 10.1. The molecule has 0 amide bonds. The van der Waals surface area contributed by atoms with Gasteiger partial charge in [0.2, 0.25) is 0 Å². The second kappa shape index (κ2) is 6.37. The highest BCUT2D eigenvalue weighted by molar-refractivity contribution is 6.43. The van der Waals surface area contributed by atoms with E-state index in [1.54, 1.807) is 18.2 Å². The average molecular weight is 266 g/mol. The number of carbonyl (C=O) groups is 1. The van der Waals surface area contributed by atoms with Crippen molar-refractivity contribution in [3.63, 3.8) is 0 Å². The molecule has 0 radical (unpaired) electrons. The van der Waals surface area contributed by atoms with Crippen LogP contribution in [0.5, 0.6) is 0 Å². The van der Waals surface area contributed by atoms with Gasteiger partial charge < -0.3 is 0 Å². The molecule has 0 spiro atoms. The van der Waals surface area contributed by atoms with Gasteiger partial charge in [0, 0.05) is 17.9 Å². The average Bonchev–Trinajstić information content (AvgIpc) is 2.22. The molecular weight excluding hydrogens is 254 g/mol. The Morgan fingerprint density at radius 3 is 2.60 bits per heavy atom. The molecule has 1 aromatic rings. The van der Waals surface area contributed by atoms with Crippen LogP contribution < -0.4 is 0 Å². The van der Waals surface area contributed by atoms with Gasteiger partial charge >= 0.3 is 0 Å². The van der Waals surface area contributed by atoms with E-state index in [0.717, 1.165) is 12.8 Å². The van der Waals surface area contributed by atoms with Crippen LogP contribution in [0.15, 0.2) is 18.2 Å². The number of unbranched alkanes of at least 4 members (excludes halogenated alkanes) is 1. The van der Waals surface area contributed by atoms with E-state index >= 15 is 0 Å². The summed E-state index contributed by atoms with van der Waals surface area (Å²) in [6, 6.07) is 5.08. The van der Waals surface area contributed by atoms with Gasteiger partial charge in [-0.15, -0.1) is 11.6 Å². The first-order valence-electron chi connectivity index (χ1n) is 4.70. The lowest BCUT2D eigenvalue weighted by molar-refractivity contribution is 0.0980. The first-order valence-corrected chi connectivity index (χ1v) is 5.99. The molecule has 0 atom stereocenters. The van der Waals surface area contributed by atoms with Gasteiger partial charge in [0.25, 0.3) is 0 Å². The van der Waals surface area contributed by atoms with Crippen molar-refractivity contribution in [1.29, 1.82) is 0 Å². The first kappa shape index (κ1) is 12.8. The minimum Gasteiger partial charge on any atom is -0.294 e. The molecule has 0 aromatic heterocycles. The molecule has 0 N–H and O–H groups in total. The summed E-state index contributed by atoms with van der Waals surface area (Å²) in [5, 5.41) is 0.759. The third kappa shape index (κ3) is 3.67. The maximum Gasteiger partial charge on any atom is 0.164 e. The first-order chi connectivity index (χ1) is 7.16. The number of Topliss-reactive ketones (excluding diaryl/α,β-unsaturated/α-hetero) is 1. The van der Waals surface area contributed by atoms with E-state index in [2.05, 4.69) is 0 Å². The maximum absolute atomic E-state index is 11.7. The molecule has 0 fully saturated rings. The van der Waals surface area contributed by atoms with Crippen molar-refractivity contribution in [2.75, 3.05) is 5.88 Å². The van der Waals surface area contributed by atoms with E-state index in [0.29, 0.717) is 27.9 Å². The Kier molecular flexibility index (Phi) is 5.44. The summed E-state index contributed by atoms with van der Waals surface area (Å²) < 4.78 is 0. The van der Waals surface area contributed by atoms with E-state index < -0.39 is 0 Å².